The van der Waals surface area contributed by atoms with Crippen LogP contribution in [-0.2, 0) is 24.7 Å². The summed E-state index contributed by atoms with van der Waals surface area (Å²) in [5, 5.41) is -3.28. The summed E-state index contributed by atoms with van der Waals surface area (Å²) < 4.78 is 107. The van der Waals surface area contributed by atoms with E-state index in [0.717, 1.165) is 53.9 Å². The minimum absolute atomic E-state index is 0.120. The number of nitrogens with one attached hydrogen (secondary N) is 1. The van der Waals surface area contributed by atoms with Gasteiger partial charge in [0, 0.05) is 29.7 Å². The van der Waals surface area contributed by atoms with E-state index >= 15 is 0 Å². The number of esters is 1. The molecule has 0 saturated carbocycles. The lowest BCUT2D eigenvalue weighted by atomic mass is 10.2. The molecule has 0 saturated heterocycles. The van der Waals surface area contributed by atoms with Gasteiger partial charge in [-0.25, -0.2) is 18.2 Å². The first-order valence-electron chi connectivity index (χ1n) is 11.6. The van der Waals surface area contributed by atoms with E-state index in [1.54, 1.807) is 12.1 Å². The standard InChI is InChI=1S/C26H19F5N2O8S/c1-2-22(34)40-20-15-16(6-11-19(20)41-24(36)33-23(35)25(27,28)29)12-14-42(37,38)26(30,31)17-7-9-18(10-8-17)39-21-5-3-4-13-32-21/h3-15H,2H2,1H3,(H,33,35,36)/b14-12+. The van der Waals surface area contributed by atoms with Gasteiger partial charge in [0.1, 0.15) is 5.75 Å². The zero-order valence-corrected chi connectivity index (χ0v) is 22.0. The molecule has 0 aliphatic carbocycles. The third-order valence-electron chi connectivity index (χ3n) is 5.00. The van der Waals surface area contributed by atoms with Gasteiger partial charge in [0.25, 0.3) is 0 Å². The monoisotopic (exact) mass is 614 g/mol. The number of nitrogens with zero attached hydrogens (tertiary/aromatic N) is 1. The Kier molecular flexibility index (Phi) is 9.62. The molecule has 1 aromatic heterocycles. The molecule has 3 aromatic rings. The number of hydrogen-bond acceptors (Lipinski definition) is 9. The van der Waals surface area contributed by atoms with Gasteiger partial charge in [0.2, 0.25) is 15.7 Å². The molecule has 16 heteroatoms. The lowest BCUT2D eigenvalue weighted by Gasteiger charge is -2.15. The molecule has 0 fully saturated rings. The highest BCUT2D eigenvalue weighted by atomic mass is 32.2. The van der Waals surface area contributed by atoms with Gasteiger partial charge in [-0.2, -0.15) is 22.0 Å². The molecular weight excluding hydrogens is 595 g/mol. The number of amides is 2. The molecule has 3 rings (SSSR count). The number of rotatable bonds is 9. The van der Waals surface area contributed by atoms with Crippen LogP contribution in [0.4, 0.5) is 26.7 Å². The number of ether oxygens (including phenoxy) is 3. The third kappa shape index (κ3) is 8.09. The van der Waals surface area contributed by atoms with Crippen molar-refractivity contribution in [3.63, 3.8) is 0 Å². The van der Waals surface area contributed by atoms with Crippen molar-refractivity contribution in [2.45, 2.75) is 24.8 Å². The molecule has 0 aliphatic heterocycles. The minimum atomic E-state index is -5.39. The molecule has 0 radical (unpaired) electrons. The molecule has 0 unspecified atom stereocenters. The number of hydrogen-bond donors (Lipinski definition) is 1. The fraction of sp³-hybridized carbons (Fsp3) is 0.154. The predicted octanol–water partition coefficient (Wildman–Crippen LogP) is 5.50. The smallest absolute Gasteiger partial charge is 0.439 e. The Hall–Kier alpha value is -4.86. The van der Waals surface area contributed by atoms with Crippen molar-refractivity contribution in [1.29, 1.82) is 0 Å². The Bertz CT molecular complexity index is 1590. The number of halogens is 5. The summed E-state index contributed by atoms with van der Waals surface area (Å²) >= 11 is 0. The van der Waals surface area contributed by atoms with Crippen LogP contribution >= 0.6 is 0 Å². The Labute approximate surface area is 234 Å². The van der Waals surface area contributed by atoms with Crippen molar-refractivity contribution in [3.05, 3.63) is 83.4 Å². The number of carbonyl (C=O) groups is 3. The fourth-order valence-corrected chi connectivity index (χ4v) is 3.91. The number of pyridine rings is 1. The van der Waals surface area contributed by atoms with Gasteiger partial charge in [-0.15, -0.1) is 0 Å². The van der Waals surface area contributed by atoms with Crippen molar-refractivity contribution in [1.82, 2.24) is 10.3 Å². The normalized spacial score (nSPS) is 12.0. The first kappa shape index (κ1) is 31.7. The van der Waals surface area contributed by atoms with E-state index in [1.807, 2.05) is 0 Å². The topological polar surface area (TPSA) is 138 Å². The second-order valence-corrected chi connectivity index (χ2v) is 9.91. The minimum Gasteiger partial charge on any atom is -0.439 e. The summed E-state index contributed by atoms with van der Waals surface area (Å²) in [6.07, 6.45) is -5.29. The SMILES string of the molecule is CCC(=O)Oc1cc(/C=C/S(=O)(=O)C(F)(F)c2ccc(Oc3ccccn3)cc2)ccc1OC(=O)NC(=O)C(F)(F)F. The quantitative estimate of drug-likeness (QED) is 0.188. The lowest BCUT2D eigenvalue weighted by molar-refractivity contribution is -0.172. The molecule has 1 N–H and O–H groups in total. The second kappa shape index (κ2) is 12.8. The Morgan fingerprint density at radius 1 is 0.929 bits per heavy atom. The van der Waals surface area contributed by atoms with E-state index in [9.17, 15) is 44.8 Å². The number of aromatic nitrogens is 1. The molecule has 0 atom stereocenters. The molecule has 0 spiro atoms. The highest BCUT2D eigenvalue weighted by molar-refractivity contribution is 7.95. The summed E-state index contributed by atoms with van der Waals surface area (Å²) in [5.41, 5.74) is -1.02. The van der Waals surface area contributed by atoms with Crippen LogP contribution < -0.4 is 19.5 Å². The molecule has 10 nitrogen and oxygen atoms in total. The van der Waals surface area contributed by atoms with Crippen LogP contribution in [0.25, 0.3) is 6.08 Å². The van der Waals surface area contributed by atoms with Crippen molar-refractivity contribution in [2.75, 3.05) is 0 Å². The van der Waals surface area contributed by atoms with E-state index in [0.29, 0.717) is 0 Å². The van der Waals surface area contributed by atoms with Crippen LogP contribution in [0.3, 0.4) is 0 Å². The number of carbonyl (C=O) groups excluding carboxylic acids is 3. The number of sulfone groups is 1. The molecule has 0 aliphatic rings. The van der Waals surface area contributed by atoms with Gasteiger partial charge in [-0.05, 0) is 54.1 Å². The number of benzene rings is 2. The van der Waals surface area contributed by atoms with Gasteiger partial charge in [-0.1, -0.05) is 19.1 Å². The number of alkyl halides is 5. The zero-order valence-electron chi connectivity index (χ0n) is 21.2. The van der Waals surface area contributed by atoms with Gasteiger partial charge in [0.05, 0.1) is 0 Å². The number of imide groups is 1. The predicted molar refractivity (Wildman–Crippen MR) is 135 cm³/mol. The van der Waals surface area contributed by atoms with Crippen LogP contribution in [0, 0.1) is 0 Å². The van der Waals surface area contributed by atoms with Crippen LogP contribution in [0.5, 0.6) is 23.1 Å². The molecule has 42 heavy (non-hydrogen) atoms. The Morgan fingerprint density at radius 2 is 1.62 bits per heavy atom. The van der Waals surface area contributed by atoms with Gasteiger partial charge in [0.15, 0.2) is 11.5 Å². The molecule has 2 amide bonds. The molecule has 1 heterocycles. The van der Waals surface area contributed by atoms with Gasteiger partial charge >= 0.3 is 29.4 Å². The lowest BCUT2D eigenvalue weighted by Crippen LogP contribution is -2.42. The molecule has 2 aromatic carbocycles. The van der Waals surface area contributed by atoms with Crippen molar-refractivity contribution in [2.24, 2.45) is 0 Å². The van der Waals surface area contributed by atoms with Crippen LogP contribution in [0.2, 0.25) is 0 Å². The Morgan fingerprint density at radius 3 is 2.21 bits per heavy atom. The van der Waals surface area contributed by atoms with E-state index in [-0.39, 0.29) is 29.0 Å². The van der Waals surface area contributed by atoms with Gasteiger partial charge < -0.3 is 14.2 Å². The summed E-state index contributed by atoms with van der Waals surface area (Å²) in [5.74, 6) is -4.44. The van der Waals surface area contributed by atoms with E-state index < -0.39 is 56.3 Å². The summed E-state index contributed by atoms with van der Waals surface area (Å²) in [7, 11) is -5.29. The largest absolute Gasteiger partial charge is 0.471 e. The molecule has 0 bridgehead atoms. The average Bonchev–Trinajstić information content (AvgIpc) is 2.93. The maximum Gasteiger partial charge on any atom is 0.471 e. The van der Waals surface area contributed by atoms with Crippen molar-refractivity contribution in [3.8, 4) is 23.1 Å². The van der Waals surface area contributed by atoms with Crippen LogP contribution in [0.15, 0.2) is 72.3 Å². The maximum atomic E-state index is 15.0. The third-order valence-corrected chi connectivity index (χ3v) is 6.45. The van der Waals surface area contributed by atoms with Crippen molar-refractivity contribution < 1.29 is 59.0 Å². The van der Waals surface area contributed by atoms with Gasteiger partial charge in [-0.3, -0.25) is 14.9 Å². The average molecular weight is 615 g/mol. The molecule has 222 valence electrons. The Balaban J connectivity index is 1.81. The van der Waals surface area contributed by atoms with E-state index in [2.05, 4.69) is 9.72 Å². The maximum absolute atomic E-state index is 15.0. The van der Waals surface area contributed by atoms with E-state index in [1.165, 1.54) is 19.2 Å². The zero-order chi connectivity index (χ0) is 31.1. The summed E-state index contributed by atoms with van der Waals surface area (Å²) in [6.45, 7) is 1.38. The summed E-state index contributed by atoms with van der Waals surface area (Å²) in [6, 6.07) is 11.6. The molecular formula is C26H19F5N2O8S. The summed E-state index contributed by atoms with van der Waals surface area (Å²) in [4.78, 5) is 38.3. The van der Waals surface area contributed by atoms with E-state index in [4.69, 9.17) is 9.47 Å². The van der Waals surface area contributed by atoms with Crippen LogP contribution in [-0.4, -0.2) is 37.5 Å². The highest BCUT2D eigenvalue weighted by Crippen LogP contribution is 2.37. The first-order valence-corrected chi connectivity index (χ1v) is 13.1. The second-order valence-electron chi connectivity index (χ2n) is 8.03. The fourth-order valence-electron chi connectivity index (χ4n) is 2.94. The van der Waals surface area contributed by atoms with Crippen LogP contribution in [0.1, 0.15) is 24.5 Å². The first-order chi connectivity index (χ1) is 19.6. The van der Waals surface area contributed by atoms with Crippen molar-refractivity contribution >= 4 is 33.9 Å². The highest BCUT2D eigenvalue weighted by Gasteiger charge is 2.45.